The first-order valence-electron chi connectivity index (χ1n) is 10.4. The maximum absolute atomic E-state index is 4.87. The minimum atomic E-state index is 0.215. The molecule has 152 valence electrons. The quantitative estimate of drug-likeness (QED) is 0.562. The van der Waals surface area contributed by atoms with Crippen LogP contribution in [0.25, 0.3) is 0 Å². The second-order valence-electron chi connectivity index (χ2n) is 7.68. The zero-order valence-corrected chi connectivity index (χ0v) is 17.5. The third-order valence-electron chi connectivity index (χ3n) is 5.41. The van der Waals surface area contributed by atoms with Crippen molar-refractivity contribution in [3.8, 4) is 0 Å². The van der Waals surface area contributed by atoms with Gasteiger partial charge in [0.25, 0.3) is 0 Å². The summed E-state index contributed by atoms with van der Waals surface area (Å²) in [5, 5.41) is 14.3. The van der Waals surface area contributed by atoms with E-state index < -0.39 is 0 Å². The Balaban J connectivity index is 1.74. The molecule has 28 heavy (non-hydrogen) atoms. The van der Waals surface area contributed by atoms with Gasteiger partial charge < -0.3 is 21.3 Å². The van der Waals surface area contributed by atoms with Crippen LogP contribution in [0.1, 0.15) is 74.6 Å². The fourth-order valence-electron chi connectivity index (χ4n) is 3.48. The average molecular weight is 383 g/mol. The Hall–Kier alpha value is -1.86. The molecule has 2 aromatic rings. The Morgan fingerprint density at radius 3 is 1.04 bits per heavy atom. The zero-order chi connectivity index (χ0) is 19.9. The summed E-state index contributed by atoms with van der Waals surface area (Å²) >= 11 is 0. The fraction of sp³-hybridized carbons (Fsp3) is 0.545. The highest BCUT2D eigenvalue weighted by Gasteiger charge is 2.14. The van der Waals surface area contributed by atoms with Crippen molar-refractivity contribution >= 4 is 0 Å². The topological polar surface area (TPSA) is 73.9 Å². The Bertz CT molecular complexity index is 631. The van der Waals surface area contributed by atoms with Crippen molar-refractivity contribution in [3.05, 3.63) is 59.2 Å². The van der Waals surface area contributed by atoms with Crippen LogP contribution in [-0.4, -0.2) is 36.1 Å². The number of pyridine rings is 2. The van der Waals surface area contributed by atoms with Gasteiger partial charge in [-0.05, 0) is 52.0 Å². The molecular weight excluding hydrogens is 348 g/mol. The van der Waals surface area contributed by atoms with Crippen LogP contribution >= 0.6 is 0 Å². The van der Waals surface area contributed by atoms with E-state index in [0.29, 0.717) is 0 Å². The summed E-state index contributed by atoms with van der Waals surface area (Å²) < 4.78 is 0. The molecule has 3 rings (SSSR count). The summed E-state index contributed by atoms with van der Waals surface area (Å²) in [5.41, 5.74) is 4.34. The van der Waals surface area contributed by atoms with Crippen molar-refractivity contribution in [3.63, 3.8) is 0 Å². The lowest BCUT2D eigenvalue weighted by Crippen LogP contribution is -2.33. The van der Waals surface area contributed by atoms with Crippen LogP contribution in [0.15, 0.2) is 36.4 Å². The number of aromatic nitrogens is 2. The lowest BCUT2D eigenvalue weighted by Gasteiger charge is -2.21. The fourth-order valence-corrected chi connectivity index (χ4v) is 3.48. The molecule has 1 aliphatic heterocycles. The van der Waals surface area contributed by atoms with E-state index >= 15 is 0 Å². The standard InChI is InChI=1S/C22H34N6/c1-15-19-7-5-8-20(27-19)16(2)25-13-14-26-18(4)22-10-6-9-21(28-22)17(3)24-12-11-23-15/h5-10,15-18,23-26H,11-14H2,1-4H3/t15-,16+,17-,18+. The van der Waals surface area contributed by atoms with Crippen LogP contribution < -0.4 is 21.3 Å². The van der Waals surface area contributed by atoms with Gasteiger partial charge in [-0.1, -0.05) is 12.1 Å². The molecular formula is C22H34N6. The van der Waals surface area contributed by atoms with Crippen molar-refractivity contribution in [2.75, 3.05) is 26.2 Å². The molecule has 0 fully saturated rings. The van der Waals surface area contributed by atoms with E-state index in [0.717, 1.165) is 49.0 Å². The van der Waals surface area contributed by atoms with Crippen molar-refractivity contribution in [2.45, 2.75) is 51.9 Å². The predicted molar refractivity (Wildman–Crippen MR) is 114 cm³/mol. The third-order valence-corrected chi connectivity index (χ3v) is 5.41. The van der Waals surface area contributed by atoms with E-state index in [1.54, 1.807) is 0 Å². The molecule has 4 bridgehead atoms. The molecule has 6 heteroatoms. The number of nitrogens with zero attached hydrogens (tertiary/aromatic N) is 2. The summed E-state index contributed by atoms with van der Waals surface area (Å²) in [6.07, 6.45) is 0. The molecule has 4 N–H and O–H groups in total. The molecule has 6 nitrogen and oxygen atoms in total. The molecule has 3 heterocycles. The van der Waals surface area contributed by atoms with E-state index in [9.17, 15) is 0 Å². The smallest absolute Gasteiger partial charge is 0.0574 e. The van der Waals surface area contributed by atoms with Crippen LogP contribution in [-0.2, 0) is 0 Å². The highest BCUT2D eigenvalue weighted by Crippen LogP contribution is 2.16. The number of fused-ring (bicyclic) bond motifs is 4. The molecule has 0 saturated heterocycles. The summed E-state index contributed by atoms with van der Waals surface area (Å²) in [4.78, 5) is 9.74. The maximum Gasteiger partial charge on any atom is 0.0574 e. The lowest BCUT2D eigenvalue weighted by atomic mass is 10.1. The highest BCUT2D eigenvalue weighted by molar-refractivity contribution is 5.17. The first-order valence-corrected chi connectivity index (χ1v) is 10.4. The summed E-state index contributed by atoms with van der Waals surface area (Å²) in [5.74, 6) is 0. The Labute approximate surface area is 169 Å². The van der Waals surface area contributed by atoms with E-state index in [4.69, 9.17) is 9.97 Å². The summed E-state index contributed by atoms with van der Waals surface area (Å²) in [6, 6.07) is 13.5. The van der Waals surface area contributed by atoms with E-state index in [1.165, 1.54) is 0 Å². The summed E-state index contributed by atoms with van der Waals surface area (Å²) in [7, 11) is 0. The molecule has 0 saturated carbocycles. The first kappa shape index (κ1) is 20.9. The van der Waals surface area contributed by atoms with Gasteiger partial charge >= 0.3 is 0 Å². The molecule has 2 aromatic heterocycles. The summed E-state index contributed by atoms with van der Waals surface area (Å²) in [6.45, 7) is 12.2. The number of hydrogen-bond acceptors (Lipinski definition) is 6. The minimum absolute atomic E-state index is 0.215. The van der Waals surface area contributed by atoms with Gasteiger partial charge in [0.15, 0.2) is 0 Å². The monoisotopic (exact) mass is 382 g/mol. The molecule has 0 radical (unpaired) electrons. The van der Waals surface area contributed by atoms with Gasteiger partial charge in [0.05, 0.1) is 22.8 Å². The third kappa shape index (κ3) is 5.58. The van der Waals surface area contributed by atoms with Gasteiger partial charge in [-0.25, -0.2) is 0 Å². The lowest BCUT2D eigenvalue weighted by molar-refractivity contribution is 0.481. The largest absolute Gasteiger partial charge is 0.308 e. The molecule has 0 aromatic carbocycles. The van der Waals surface area contributed by atoms with Gasteiger partial charge in [-0.15, -0.1) is 0 Å². The number of hydrogen-bond donors (Lipinski definition) is 4. The zero-order valence-electron chi connectivity index (χ0n) is 17.5. The molecule has 4 atom stereocenters. The molecule has 0 unspecified atom stereocenters. The van der Waals surface area contributed by atoms with Crippen LogP contribution in [0.3, 0.4) is 0 Å². The van der Waals surface area contributed by atoms with Crippen LogP contribution in [0.4, 0.5) is 0 Å². The normalized spacial score (nSPS) is 27.6. The van der Waals surface area contributed by atoms with Gasteiger partial charge in [0.2, 0.25) is 0 Å². The molecule has 1 aliphatic rings. The average Bonchev–Trinajstić information content (AvgIpc) is 2.73. The molecule has 0 amide bonds. The van der Waals surface area contributed by atoms with Crippen molar-refractivity contribution in [1.82, 2.24) is 31.2 Å². The van der Waals surface area contributed by atoms with Gasteiger partial charge in [-0.3, -0.25) is 9.97 Å². The van der Waals surface area contributed by atoms with E-state index in [2.05, 4.69) is 85.4 Å². The van der Waals surface area contributed by atoms with Crippen molar-refractivity contribution in [2.24, 2.45) is 0 Å². The Morgan fingerprint density at radius 1 is 0.536 bits per heavy atom. The Morgan fingerprint density at radius 2 is 0.786 bits per heavy atom. The predicted octanol–water partition coefficient (Wildman–Crippen LogP) is 2.79. The second kappa shape index (κ2) is 10.1. The van der Waals surface area contributed by atoms with Crippen molar-refractivity contribution in [1.29, 1.82) is 0 Å². The SMILES string of the molecule is C[C@@H]1NCCN[C@@H](C)c2cccc(n2)[C@@H](C)NCCN[C@H](C)c2cccc1n2. The van der Waals surface area contributed by atoms with Gasteiger partial charge in [-0.2, -0.15) is 0 Å². The highest BCUT2D eigenvalue weighted by atomic mass is 15.0. The van der Waals surface area contributed by atoms with Crippen LogP contribution in [0, 0.1) is 0 Å². The minimum Gasteiger partial charge on any atom is -0.308 e. The Kier molecular flexibility index (Phi) is 7.50. The molecule has 0 aliphatic carbocycles. The van der Waals surface area contributed by atoms with Crippen LogP contribution in [0.2, 0.25) is 0 Å². The van der Waals surface area contributed by atoms with Gasteiger partial charge in [0.1, 0.15) is 0 Å². The van der Waals surface area contributed by atoms with Crippen LogP contribution in [0.5, 0.6) is 0 Å². The molecule has 0 spiro atoms. The van der Waals surface area contributed by atoms with E-state index in [-0.39, 0.29) is 24.2 Å². The van der Waals surface area contributed by atoms with Crippen molar-refractivity contribution < 1.29 is 0 Å². The van der Waals surface area contributed by atoms with Gasteiger partial charge in [0, 0.05) is 50.3 Å². The van der Waals surface area contributed by atoms with E-state index in [1.807, 2.05) is 0 Å². The number of rotatable bonds is 0. The second-order valence-corrected chi connectivity index (χ2v) is 7.68. The number of nitrogens with one attached hydrogen (secondary N) is 4. The first-order chi connectivity index (χ1) is 13.5. The maximum atomic E-state index is 4.87.